The van der Waals surface area contributed by atoms with E-state index in [0.29, 0.717) is 5.92 Å². The van der Waals surface area contributed by atoms with E-state index >= 15 is 0 Å². The molecule has 1 aromatic heterocycles. The fraction of sp³-hybridized carbons (Fsp3) is 0.750. The number of hydrogen-bond acceptors (Lipinski definition) is 3. The number of oxazole rings is 1. The van der Waals surface area contributed by atoms with Crippen molar-refractivity contribution in [1.82, 2.24) is 9.88 Å². The van der Waals surface area contributed by atoms with Crippen LogP contribution in [0.15, 0.2) is 4.42 Å². The van der Waals surface area contributed by atoms with Crippen LogP contribution in [-0.2, 0) is 13.1 Å². The van der Waals surface area contributed by atoms with Crippen LogP contribution in [0.2, 0.25) is 0 Å². The van der Waals surface area contributed by atoms with Crippen LogP contribution < -0.4 is 0 Å². The molecule has 1 aliphatic heterocycles. The third-order valence-electron chi connectivity index (χ3n) is 3.35. The predicted molar refractivity (Wildman–Crippen MR) is 57.5 cm³/mol. The Hall–Kier alpha value is -0.830. The van der Waals surface area contributed by atoms with E-state index in [1.807, 2.05) is 0 Å². The first-order valence-electron chi connectivity index (χ1n) is 5.77. The Morgan fingerprint density at radius 3 is 2.53 bits per heavy atom. The van der Waals surface area contributed by atoms with Crippen molar-refractivity contribution >= 4 is 0 Å². The zero-order valence-electron chi connectivity index (χ0n) is 9.71. The molecule has 0 atom stereocenters. The van der Waals surface area contributed by atoms with Crippen molar-refractivity contribution in [3.63, 3.8) is 0 Å². The maximum absolute atomic E-state index is 5.82. The average Bonchev–Trinajstić information content (AvgIpc) is 2.74. The van der Waals surface area contributed by atoms with Crippen molar-refractivity contribution in [2.45, 2.75) is 58.2 Å². The lowest BCUT2D eigenvalue weighted by Gasteiger charge is -2.30. The van der Waals surface area contributed by atoms with Crippen LogP contribution in [0.4, 0.5) is 0 Å². The highest BCUT2D eigenvalue weighted by Crippen LogP contribution is 2.41. The Labute approximate surface area is 90.5 Å². The zero-order valence-corrected chi connectivity index (χ0v) is 9.71. The Morgan fingerprint density at radius 1 is 1.27 bits per heavy atom. The lowest BCUT2D eigenvalue weighted by Crippen LogP contribution is -2.37. The quantitative estimate of drug-likeness (QED) is 0.707. The average molecular weight is 206 g/mol. The maximum Gasteiger partial charge on any atom is 0.197 e. The van der Waals surface area contributed by atoms with Crippen molar-refractivity contribution in [2.24, 2.45) is 0 Å². The second kappa shape index (κ2) is 2.85. The first kappa shape index (κ1) is 9.40. The first-order valence-corrected chi connectivity index (χ1v) is 5.77. The van der Waals surface area contributed by atoms with E-state index in [4.69, 9.17) is 4.42 Å². The van der Waals surface area contributed by atoms with E-state index in [2.05, 4.69) is 30.7 Å². The van der Waals surface area contributed by atoms with E-state index in [1.54, 1.807) is 0 Å². The molecular weight excluding hydrogens is 188 g/mol. The lowest BCUT2D eigenvalue weighted by atomic mass is 10.1. The lowest BCUT2D eigenvalue weighted by molar-refractivity contribution is 0.127. The van der Waals surface area contributed by atoms with Crippen molar-refractivity contribution in [3.8, 4) is 0 Å². The number of nitrogens with zero attached hydrogens (tertiary/aromatic N) is 2. The molecule has 1 aromatic rings. The number of aromatic nitrogens is 1. The Morgan fingerprint density at radius 2 is 2.00 bits per heavy atom. The summed E-state index contributed by atoms with van der Waals surface area (Å²) in [6.07, 6.45) is 2.53. The molecule has 3 heteroatoms. The fourth-order valence-corrected chi connectivity index (χ4v) is 2.04. The number of rotatable bonds is 1. The zero-order chi connectivity index (χ0) is 10.6. The van der Waals surface area contributed by atoms with Crippen molar-refractivity contribution in [2.75, 3.05) is 0 Å². The first-order chi connectivity index (χ1) is 7.04. The molecule has 0 unspecified atom stereocenters. The minimum atomic E-state index is 0.211. The van der Waals surface area contributed by atoms with Gasteiger partial charge in [0.2, 0.25) is 0 Å². The molecule has 1 fully saturated rings. The molecular formula is C12H18N2O. The van der Waals surface area contributed by atoms with Gasteiger partial charge in [-0.3, -0.25) is 4.90 Å². The molecule has 0 aromatic carbocycles. The third kappa shape index (κ3) is 1.59. The molecule has 3 nitrogen and oxygen atoms in total. The van der Waals surface area contributed by atoms with Crippen molar-refractivity contribution in [3.05, 3.63) is 17.3 Å². The highest BCUT2D eigenvalue weighted by Gasteiger charge is 2.35. The van der Waals surface area contributed by atoms with Gasteiger partial charge in [0.25, 0.3) is 0 Å². The van der Waals surface area contributed by atoms with E-state index in [1.165, 1.54) is 18.5 Å². The molecule has 0 amide bonds. The van der Waals surface area contributed by atoms with E-state index in [0.717, 1.165) is 24.7 Å². The van der Waals surface area contributed by atoms with Gasteiger partial charge < -0.3 is 4.42 Å². The Bertz CT molecular complexity index is 361. The summed E-state index contributed by atoms with van der Waals surface area (Å²) in [6, 6.07) is 0. The molecule has 3 rings (SSSR count). The van der Waals surface area contributed by atoms with Crippen LogP contribution in [0.1, 0.15) is 56.9 Å². The molecule has 0 bridgehead atoms. The van der Waals surface area contributed by atoms with Gasteiger partial charge in [-0.1, -0.05) is 0 Å². The summed E-state index contributed by atoms with van der Waals surface area (Å²) >= 11 is 0. The van der Waals surface area contributed by atoms with Gasteiger partial charge in [-0.2, -0.15) is 0 Å². The van der Waals surface area contributed by atoms with Crippen LogP contribution in [0.5, 0.6) is 0 Å². The summed E-state index contributed by atoms with van der Waals surface area (Å²) in [5.41, 5.74) is 1.38. The molecule has 1 saturated carbocycles. The normalized spacial score (nSPS) is 22.1. The number of fused-ring (bicyclic) bond motifs is 1. The summed E-state index contributed by atoms with van der Waals surface area (Å²) in [4.78, 5) is 7.02. The van der Waals surface area contributed by atoms with Gasteiger partial charge in [0.1, 0.15) is 5.76 Å². The summed E-state index contributed by atoms with van der Waals surface area (Å²) in [5, 5.41) is 0. The van der Waals surface area contributed by atoms with Crippen LogP contribution >= 0.6 is 0 Å². The van der Waals surface area contributed by atoms with Gasteiger partial charge in [0.05, 0.1) is 12.2 Å². The van der Waals surface area contributed by atoms with Gasteiger partial charge in [-0.05, 0) is 33.6 Å². The molecule has 0 radical (unpaired) electrons. The van der Waals surface area contributed by atoms with E-state index in [9.17, 15) is 0 Å². The standard InChI is InChI=1S/C12H18N2O/c1-12(2,3)14-6-9-10(7-14)15-11(13-9)8-4-5-8/h8H,4-7H2,1-3H3. The maximum atomic E-state index is 5.82. The minimum absolute atomic E-state index is 0.211. The summed E-state index contributed by atoms with van der Waals surface area (Å²) in [7, 11) is 0. The minimum Gasteiger partial charge on any atom is -0.444 e. The third-order valence-corrected chi connectivity index (χ3v) is 3.35. The van der Waals surface area contributed by atoms with Gasteiger partial charge in [-0.15, -0.1) is 0 Å². The summed E-state index contributed by atoms with van der Waals surface area (Å²) in [6.45, 7) is 8.59. The predicted octanol–water partition coefficient (Wildman–Crippen LogP) is 2.67. The molecule has 1 aliphatic carbocycles. The van der Waals surface area contributed by atoms with Crippen LogP contribution in [-0.4, -0.2) is 15.4 Å². The molecule has 0 N–H and O–H groups in total. The van der Waals surface area contributed by atoms with Crippen LogP contribution in [0.3, 0.4) is 0 Å². The van der Waals surface area contributed by atoms with Gasteiger partial charge in [-0.25, -0.2) is 4.98 Å². The summed E-state index contributed by atoms with van der Waals surface area (Å²) < 4.78 is 5.82. The molecule has 2 heterocycles. The highest BCUT2D eigenvalue weighted by atomic mass is 16.4. The molecule has 0 spiro atoms. The highest BCUT2D eigenvalue weighted by molar-refractivity contribution is 5.18. The Kier molecular flexibility index (Phi) is 1.78. The van der Waals surface area contributed by atoms with Crippen LogP contribution in [0, 0.1) is 0 Å². The van der Waals surface area contributed by atoms with Gasteiger partial charge in [0, 0.05) is 18.0 Å². The molecule has 15 heavy (non-hydrogen) atoms. The van der Waals surface area contributed by atoms with E-state index in [-0.39, 0.29) is 5.54 Å². The SMILES string of the molecule is CC(C)(C)N1Cc2nc(C3CC3)oc2C1. The van der Waals surface area contributed by atoms with Gasteiger partial charge >= 0.3 is 0 Å². The number of hydrogen-bond donors (Lipinski definition) is 0. The Balaban J connectivity index is 1.80. The van der Waals surface area contributed by atoms with Crippen molar-refractivity contribution < 1.29 is 4.42 Å². The topological polar surface area (TPSA) is 29.3 Å². The second-order valence-electron chi connectivity index (χ2n) is 5.72. The smallest absolute Gasteiger partial charge is 0.197 e. The monoisotopic (exact) mass is 206 g/mol. The fourth-order valence-electron chi connectivity index (χ4n) is 2.04. The van der Waals surface area contributed by atoms with Crippen LogP contribution in [0.25, 0.3) is 0 Å². The largest absolute Gasteiger partial charge is 0.444 e. The van der Waals surface area contributed by atoms with Gasteiger partial charge in [0.15, 0.2) is 5.89 Å². The molecule has 2 aliphatic rings. The van der Waals surface area contributed by atoms with E-state index < -0.39 is 0 Å². The summed E-state index contributed by atoms with van der Waals surface area (Å²) in [5.74, 6) is 2.74. The second-order valence-corrected chi connectivity index (χ2v) is 5.72. The molecule has 0 saturated heterocycles. The molecule has 82 valence electrons. The van der Waals surface area contributed by atoms with Crippen molar-refractivity contribution in [1.29, 1.82) is 0 Å².